The number of ether oxygens (including phenoxy) is 1. The van der Waals surface area contributed by atoms with E-state index in [4.69, 9.17) is 9.84 Å². The third kappa shape index (κ3) is 2.67. The third-order valence-corrected chi connectivity index (χ3v) is 3.46. The van der Waals surface area contributed by atoms with Crippen LogP contribution >= 0.6 is 0 Å². The van der Waals surface area contributed by atoms with Crippen molar-refractivity contribution < 1.29 is 19.0 Å². The molecule has 0 aliphatic carbocycles. The summed E-state index contributed by atoms with van der Waals surface area (Å²) >= 11 is 0. The van der Waals surface area contributed by atoms with Crippen molar-refractivity contribution in [1.82, 2.24) is 0 Å². The van der Waals surface area contributed by atoms with Crippen LogP contribution in [0.5, 0.6) is 5.75 Å². The summed E-state index contributed by atoms with van der Waals surface area (Å²) in [6.45, 7) is 0.415. The van der Waals surface area contributed by atoms with Gasteiger partial charge in [0.15, 0.2) is 0 Å². The normalized spacial score (nSPS) is 16.1. The Labute approximate surface area is 121 Å². The van der Waals surface area contributed by atoms with Gasteiger partial charge < -0.3 is 15.2 Å². The van der Waals surface area contributed by atoms with Crippen LogP contribution in [0.2, 0.25) is 0 Å². The molecule has 1 heterocycles. The van der Waals surface area contributed by atoms with Crippen LogP contribution in [0, 0.1) is 5.82 Å². The van der Waals surface area contributed by atoms with Gasteiger partial charge in [-0.3, -0.25) is 0 Å². The van der Waals surface area contributed by atoms with Crippen LogP contribution in [0.3, 0.4) is 0 Å². The number of carboxylic acids is 1. The minimum atomic E-state index is -1.29. The molecule has 2 aromatic carbocycles. The van der Waals surface area contributed by atoms with Gasteiger partial charge in [0, 0.05) is 6.42 Å². The van der Waals surface area contributed by atoms with Crippen LogP contribution in [0.4, 0.5) is 10.1 Å². The van der Waals surface area contributed by atoms with Gasteiger partial charge in [-0.15, -0.1) is 0 Å². The molecule has 0 spiro atoms. The van der Waals surface area contributed by atoms with Crippen LogP contribution in [-0.4, -0.2) is 23.7 Å². The van der Waals surface area contributed by atoms with Crippen LogP contribution < -0.4 is 10.1 Å². The van der Waals surface area contributed by atoms with Crippen LogP contribution in [0.25, 0.3) is 0 Å². The second kappa shape index (κ2) is 5.44. The first kappa shape index (κ1) is 13.4. The number of halogens is 1. The number of nitrogens with one attached hydrogen (secondary N) is 1. The molecule has 0 aromatic heterocycles. The molecule has 21 heavy (non-hydrogen) atoms. The first-order valence-corrected chi connectivity index (χ1v) is 6.65. The summed E-state index contributed by atoms with van der Waals surface area (Å²) in [5.74, 6) is -1.18. The van der Waals surface area contributed by atoms with Gasteiger partial charge in [0.25, 0.3) is 0 Å². The molecule has 2 aromatic rings. The molecule has 0 radical (unpaired) electrons. The predicted octanol–water partition coefficient (Wildman–Crippen LogP) is 2.94. The molecule has 2 N–H and O–H groups in total. The van der Waals surface area contributed by atoms with E-state index in [1.54, 1.807) is 6.07 Å². The topological polar surface area (TPSA) is 58.6 Å². The fourth-order valence-electron chi connectivity index (χ4n) is 2.48. The van der Waals surface area contributed by atoms with Crippen molar-refractivity contribution in [2.24, 2.45) is 0 Å². The Balaban J connectivity index is 1.70. The van der Waals surface area contributed by atoms with Crippen LogP contribution in [0.15, 0.2) is 42.5 Å². The van der Waals surface area contributed by atoms with E-state index < -0.39 is 11.8 Å². The molecule has 0 fully saturated rings. The molecule has 5 heteroatoms. The van der Waals surface area contributed by atoms with Crippen molar-refractivity contribution in [3.8, 4) is 5.75 Å². The predicted molar refractivity (Wildman–Crippen MR) is 76.4 cm³/mol. The van der Waals surface area contributed by atoms with Crippen LogP contribution in [-0.2, 0) is 6.42 Å². The van der Waals surface area contributed by atoms with E-state index in [1.165, 1.54) is 6.07 Å². The second-order valence-electron chi connectivity index (χ2n) is 4.90. The quantitative estimate of drug-likeness (QED) is 0.907. The standard InChI is InChI=1S/C16H14FNO3/c17-12-5-3-6-13(15(12)16(19)20)18-9-11-8-10-4-1-2-7-14(10)21-11/h1-7,11,18H,8-9H2,(H,19,20). The lowest BCUT2D eigenvalue weighted by Gasteiger charge is -2.14. The summed E-state index contributed by atoms with van der Waals surface area (Å²) in [6, 6.07) is 11.9. The molecule has 0 saturated heterocycles. The Morgan fingerprint density at radius 2 is 2.10 bits per heavy atom. The average Bonchev–Trinajstić information content (AvgIpc) is 2.87. The number of fused-ring (bicyclic) bond motifs is 1. The van der Waals surface area contributed by atoms with Crippen molar-refractivity contribution in [1.29, 1.82) is 0 Å². The highest BCUT2D eigenvalue weighted by Crippen LogP contribution is 2.28. The summed E-state index contributed by atoms with van der Waals surface area (Å²) in [5.41, 5.74) is 1.05. The Kier molecular flexibility index (Phi) is 3.48. The highest BCUT2D eigenvalue weighted by atomic mass is 19.1. The zero-order chi connectivity index (χ0) is 14.8. The smallest absolute Gasteiger partial charge is 0.340 e. The zero-order valence-electron chi connectivity index (χ0n) is 11.2. The maximum Gasteiger partial charge on any atom is 0.340 e. The first-order chi connectivity index (χ1) is 10.1. The summed E-state index contributed by atoms with van der Waals surface area (Å²) in [5, 5.41) is 12.0. The lowest BCUT2D eigenvalue weighted by atomic mass is 10.1. The highest BCUT2D eigenvalue weighted by molar-refractivity contribution is 5.94. The molecule has 0 amide bonds. The minimum absolute atomic E-state index is 0.0905. The molecule has 0 bridgehead atoms. The fraction of sp³-hybridized carbons (Fsp3) is 0.188. The fourth-order valence-corrected chi connectivity index (χ4v) is 2.48. The summed E-state index contributed by atoms with van der Waals surface area (Å²) < 4.78 is 19.3. The number of para-hydroxylation sites is 1. The summed E-state index contributed by atoms with van der Waals surface area (Å²) in [4.78, 5) is 11.1. The number of carboxylic acid groups (broad SMARTS) is 1. The number of aromatic carboxylic acids is 1. The Morgan fingerprint density at radius 1 is 1.29 bits per heavy atom. The largest absolute Gasteiger partial charge is 0.488 e. The van der Waals surface area contributed by atoms with Gasteiger partial charge in [-0.1, -0.05) is 24.3 Å². The maximum atomic E-state index is 13.6. The lowest BCUT2D eigenvalue weighted by Crippen LogP contribution is -2.25. The van der Waals surface area contributed by atoms with E-state index >= 15 is 0 Å². The van der Waals surface area contributed by atoms with E-state index in [0.717, 1.165) is 23.8 Å². The van der Waals surface area contributed by atoms with Crippen molar-refractivity contribution in [3.63, 3.8) is 0 Å². The second-order valence-corrected chi connectivity index (χ2v) is 4.90. The summed E-state index contributed by atoms with van der Waals surface area (Å²) in [6.07, 6.45) is 0.660. The van der Waals surface area contributed by atoms with E-state index in [9.17, 15) is 9.18 Å². The monoisotopic (exact) mass is 287 g/mol. The Bertz CT molecular complexity index is 662. The number of hydrogen-bond acceptors (Lipinski definition) is 3. The average molecular weight is 287 g/mol. The number of anilines is 1. The lowest BCUT2D eigenvalue weighted by molar-refractivity contribution is 0.0693. The number of rotatable bonds is 4. The van der Waals surface area contributed by atoms with E-state index in [-0.39, 0.29) is 17.4 Å². The van der Waals surface area contributed by atoms with E-state index in [0.29, 0.717) is 6.54 Å². The van der Waals surface area contributed by atoms with Gasteiger partial charge >= 0.3 is 5.97 Å². The van der Waals surface area contributed by atoms with Gasteiger partial charge in [-0.25, -0.2) is 9.18 Å². The molecule has 1 aliphatic heterocycles. The Hall–Kier alpha value is -2.56. The SMILES string of the molecule is O=C(O)c1c(F)cccc1NCC1Cc2ccccc2O1. The van der Waals surface area contributed by atoms with Gasteiger partial charge in [0.2, 0.25) is 0 Å². The molecule has 1 unspecified atom stereocenters. The number of carbonyl (C=O) groups is 1. The highest BCUT2D eigenvalue weighted by Gasteiger charge is 2.23. The molecule has 4 nitrogen and oxygen atoms in total. The molecular weight excluding hydrogens is 273 g/mol. The van der Waals surface area contributed by atoms with E-state index in [1.807, 2.05) is 24.3 Å². The van der Waals surface area contributed by atoms with E-state index in [2.05, 4.69) is 5.32 Å². The Morgan fingerprint density at radius 3 is 2.86 bits per heavy atom. The van der Waals surface area contributed by atoms with Crippen LogP contribution in [0.1, 0.15) is 15.9 Å². The number of hydrogen-bond donors (Lipinski definition) is 2. The first-order valence-electron chi connectivity index (χ1n) is 6.65. The number of benzene rings is 2. The molecule has 3 rings (SSSR count). The molecule has 1 aliphatic rings. The van der Waals surface area contributed by atoms with Gasteiger partial charge in [-0.05, 0) is 23.8 Å². The molecule has 108 valence electrons. The minimum Gasteiger partial charge on any atom is -0.488 e. The summed E-state index contributed by atoms with van der Waals surface area (Å²) in [7, 11) is 0. The zero-order valence-corrected chi connectivity index (χ0v) is 11.2. The van der Waals surface area contributed by atoms with Crippen molar-refractivity contribution in [2.45, 2.75) is 12.5 Å². The van der Waals surface area contributed by atoms with Crippen molar-refractivity contribution >= 4 is 11.7 Å². The van der Waals surface area contributed by atoms with Gasteiger partial charge in [0.05, 0.1) is 12.2 Å². The molecular formula is C16H14FNO3. The van der Waals surface area contributed by atoms with Gasteiger partial charge in [0.1, 0.15) is 23.2 Å². The van der Waals surface area contributed by atoms with Crippen molar-refractivity contribution in [3.05, 3.63) is 59.4 Å². The van der Waals surface area contributed by atoms with Crippen molar-refractivity contribution in [2.75, 3.05) is 11.9 Å². The maximum absolute atomic E-state index is 13.6. The molecule has 1 atom stereocenters. The van der Waals surface area contributed by atoms with Gasteiger partial charge in [-0.2, -0.15) is 0 Å². The third-order valence-electron chi connectivity index (χ3n) is 3.46. The molecule has 0 saturated carbocycles.